The summed E-state index contributed by atoms with van der Waals surface area (Å²) in [5, 5.41) is 10.9. The Labute approximate surface area is 149 Å². The summed E-state index contributed by atoms with van der Waals surface area (Å²) in [5.74, 6) is -0.680. The molecule has 3 aromatic rings. The molecule has 0 bridgehead atoms. The van der Waals surface area contributed by atoms with Gasteiger partial charge in [-0.05, 0) is 24.3 Å². The number of benzene rings is 1. The van der Waals surface area contributed by atoms with Crippen LogP contribution < -0.4 is 11.1 Å². The minimum absolute atomic E-state index is 0.0968. The number of amides is 1. The molecule has 0 fully saturated rings. The maximum Gasteiger partial charge on any atom is 0.268 e. The zero-order valence-electron chi connectivity index (χ0n) is 14.2. The van der Waals surface area contributed by atoms with Crippen molar-refractivity contribution in [1.29, 1.82) is 5.41 Å². The lowest BCUT2D eigenvalue weighted by Gasteiger charge is -2.07. The number of allylic oxidation sites excluding steroid dienone is 1. The fourth-order valence-corrected chi connectivity index (χ4v) is 2.69. The van der Waals surface area contributed by atoms with Crippen LogP contribution >= 0.6 is 0 Å². The third-order valence-corrected chi connectivity index (χ3v) is 4.14. The molecule has 2 aromatic heterocycles. The Balaban J connectivity index is 1.88. The van der Waals surface area contributed by atoms with Gasteiger partial charge in [0.1, 0.15) is 17.2 Å². The van der Waals surface area contributed by atoms with Gasteiger partial charge in [-0.1, -0.05) is 18.2 Å². The van der Waals surface area contributed by atoms with Crippen molar-refractivity contribution in [3.63, 3.8) is 0 Å². The zero-order chi connectivity index (χ0) is 18.7. The van der Waals surface area contributed by atoms with Crippen molar-refractivity contribution in [3.05, 3.63) is 71.4 Å². The Morgan fingerprint density at radius 1 is 1.35 bits per heavy atom. The molecule has 132 valence electrons. The van der Waals surface area contributed by atoms with Crippen LogP contribution in [-0.4, -0.2) is 21.7 Å². The molecular weight excluding hydrogens is 333 g/mol. The van der Waals surface area contributed by atoms with E-state index in [-0.39, 0.29) is 18.3 Å². The van der Waals surface area contributed by atoms with Gasteiger partial charge in [0.2, 0.25) is 0 Å². The minimum Gasteiger partial charge on any atom is -0.404 e. The number of nitrogens with one attached hydrogen (secondary N) is 2. The smallest absolute Gasteiger partial charge is 0.268 e. The van der Waals surface area contributed by atoms with E-state index in [9.17, 15) is 9.18 Å². The summed E-state index contributed by atoms with van der Waals surface area (Å²) in [4.78, 5) is 17.0. The highest BCUT2D eigenvalue weighted by Gasteiger charge is 2.15. The molecule has 4 N–H and O–H groups in total. The molecule has 0 spiro atoms. The molecule has 0 radical (unpaired) electrons. The maximum atomic E-state index is 13.7. The second-order valence-electron chi connectivity index (χ2n) is 5.74. The molecular formula is C19H18FN5O. The lowest BCUT2D eigenvalue weighted by atomic mass is 10.2. The van der Waals surface area contributed by atoms with Crippen molar-refractivity contribution in [2.24, 2.45) is 12.8 Å². The van der Waals surface area contributed by atoms with Crippen LogP contribution in [0.25, 0.3) is 16.6 Å². The van der Waals surface area contributed by atoms with E-state index in [0.29, 0.717) is 28.2 Å². The molecule has 0 aliphatic rings. The number of carbonyl (C=O) groups is 1. The monoisotopic (exact) mass is 351 g/mol. The van der Waals surface area contributed by atoms with Crippen molar-refractivity contribution in [2.45, 2.75) is 6.54 Å². The second kappa shape index (κ2) is 7.18. The quantitative estimate of drug-likeness (QED) is 0.616. The fourth-order valence-electron chi connectivity index (χ4n) is 2.69. The highest BCUT2D eigenvalue weighted by molar-refractivity contribution is 6.08. The summed E-state index contributed by atoms with van der Waals surface area (Å²) in [5.41, 5.74) is 7.97. The average molecular weight is 351 g/mol. The van der Waals surface area contributed by atoms with Crippen molar-refractivity contribution < 1.29 is 9.18 Å². The topological polar surface area (TPSA) is 96.8 Å². The fraction of sp³-hybridized carbons (Fsp3) is 0.105. The van der Waals surface area contributed by atoms with E-state index in [1.165, 1.54) is 12.3 Å². The normalized spacial score (nSPS) is 11.5. The third-order valence-electron chi connectivity index (χ3n) is 4.14. The Kier molecular flexibility index (Phi) is 4.79. The number of aromatic nitrogens is 2. The van der Waals surface area contributed by atoms with Crippen molar-refractivity contribution >= 4 is 28.7 Å². The number of fused-ring (bicyclic) bond motifs is 1. The van der Waals surface area contributed by atoms with Gasteiger partial charge in [-0.3, -0.25) is 4.79 Å². The SMILES string of the molecule is Cn1c(C(=O)NCc2ccccc2F)cc2ccc(/C(C=N)=C/N)nc21. The van der Waals surface area contributed by atoms with E-state index in [1.807, 2.05) is 6.07 Å². The molecule has 1 amide bonds. The molecule has 0 aliphatic carbocycles. The summed E-state index contributed by atoms with van der Waals surface area (Å²) in [7, 11) is 1.73. The van der Waals surface area contributed by atoms with Gasteiger partial charge in [0, 0.05) is 42.5 Å². The summed E-state index contributed by atoms with van der Waals surface area (Å²) in [6, 6.07) is 11.6. The van der Waals surface area contributed by atoms with E-state index in [1.54, 1.807) is 41.9 Å². The molecule has 2 heterocycles. The van der Waals surface area contributed by atoms with Crippen LogP contribution in [0.5, 0.6) is 0 Å². The van der Waals surface area contributed by atoms with Crippen LogP contribution in [-0.2, 0) is 13.6 Å². The number of nitrogens with two attached hydrogens (primary N) is 1. The number of halogens is 1. The number of rotatable bonds is 5. The summed E-state index contributed by atoms with van der Waals surface area (Å²) < 4.78 is 15.3. The van der Waals surface area contributed by atoms with Crippen molar-refractivity contribution in [3.8, 4) is 0 Å². The van der Waals surface area contributed by atoms with Crippen LogP contribution in [0.1, 0.15) is 21.7 Å². The van der Waals surface area contributed by atoms with Gasteiger partial charge in [-0.25, -0.2) is 9.37 Å². The first-order valence-electron chi connectivity index (χ1n) is 7.96. The van der Waals surface area contributed by atoms with E-state index < -0.39 is 0 Å². The van der Waals surface area contributed by atoms with Gasteiger partial charge in [0.25, 0.3) is 5.91 Å². The number of carbonyl (C=O) groups excluding carboxylic acids is 1. The van der Waals surface area contributed by atoms with Gasteiger partial charge in [-0.2, -0.15) is 0 Å². The van der Waals surface area contributed by atoms with E-state index in [2.05, 4.69) is 10.3 Å². The molecule has 0 saturated carbocycles. The van der Waals surface area contributed by atoms with E-state index >= 15 is 0 Å². The standard InChI is InChI=1S/C19H18FN5O/c1-25-17(19(26)23-11-13-4-2-3-5-15(13)20)8-12-6-7-16(24-18(12)25)14(9-21)10-22/h2-10,21H,11,22H2,1H3,(H,23,26)/b14-10+,21-9?. The van der Waals surface area contributed by atoms with E-state index in [0.717, 1.165) is 11.6 Å². The first kappa shape index (κ1) is 17.3. The van der Waals surface area contributed by atoms with Gasteiger partial charge < -0.3 is 21.0 Å². The number of pyridine rings is 1. The van der Waals surface area contributed by atoms with Gasteiger partial charge >= 0.3 is 0 Å². The summed E-state index contributed by atoms with van der Waals surface area (Å²) in [6.45, 7) is 0.0968. The number of nitrogens with zero attached hydrogens (tertiary/aromatic N) is 2. The number of aryl methyl sites for hydroxylation is 1. The zero-order valence-corrected chi connectivity index (χ0v) is 14.2. The minimum atomic E-state index is -0.358. The summed E-state index contributed by atoms with van der Waals surface area (Å²) >= 11 is 0. The molecule has 26 heavy (non-hydrogen) atoms. The highest BCUT2D eigenvalue weighted by Crippen LogP contribution is 2.20. The third kappa shape index (κ3) is 3.19. The number of hydrogen-bond acceptors (Lipinski definition) is 4. The van der Waals surface area contributed by atoms with Gasteiger partial charge in [-0.15, -0.1) is 0 Å². The highest BCUT2D eigenvalue weighted by atomic mass is 19.1. The molecule has 1 aromatic carbocycles. The molecule has 0 atom stereocenters. The lowest BCUT2D eigenvalue weighted by Crippen LogP contribution is -2.25. The van der Waals surface area contributed by atoms with Crippen LogP contribution in [0.4, 0.5) is 4.39 Å². The first-order chi connectivity index (χ1) is 12.5. The molecule has 3 rings (SSSR count). The van der Waals surface area contributed by atoms with E-state index in [4.69, 9.17) is 11.1 Å². The predicted octanol–water partition coefficient (Wildman–Crippen LogP) is 2.59. The Morgan fingerprint density at radius 3 is 2.81 bits per heavy atom. The van der Waals surface area contributed by atoms with Crippen molar-refractivity contribution in [1.82, 2.24) is 14.9 Å². The molecule has 0 aliphatic heterocycles. The Morgan fingerprint density at radius 2 is 2.12 bits per heavy atom. The largest absolute Gasteiger partial charge is 0.404 e. The second-order valence-corrected chi connectivity index (χ2v) is 5.74. The van der Waals surface area contributed by atoms with Crippen LogP contribution in [0, 0.1) is 11.2 Å². The lowest BCUT2D eigenvalue weighted by molar-refractivity contribution is 0.0943. The molecule has 0 unspecified atom stereocenters. The predicted molar refractivity (Wildman–Crippen MR) is 99.2 cm³/mol. The molecule has 0 saturated heterocycles. The summed E-state index contributed by atoms with van der Waals surface area (Å²) in [6.07, 6.45) is 2.44. The first-order valence-corrected chi connectivity index (χ1v) is 7.96. The van der Waals surface area contributed by atoms with Gasteiger partial charge in [0.15, 0.2) is 0 Å². The van der Waals surface area contributed by atoms with Crippen LogP contribution in [0.2, 0.25) is 0 Å². The van der Waals surface area contributed by atoms with Crippen molar-refractivity contribution in [2.75, 3.05) is 0 Å². The van der Waals surface area contributed by atoms with Crippen LogP contribution in [0.15, 0.2) is 48.7 Å². The Hall–Kier alpha value is -3.48. The molecule has 6 nitrogen and oxygen atoms in total. The van der Waals surface area contributed by atoms with Gasteiger partial charge in [0.05, 0.1) is 5.69 Å². The average Bonchev–Trinajstić information content (AvgIpc) is 2.98. The Bertz CT molecular complexity index is 1020. The number of hydrogen-bond donors (Lipinski definition) is 3. The molecule has 7 heteroatoms. The maximum absolute atomic E-state index is 13.7. The van der Waals surface area contributed by atoms with Crippen LogP contribution in [0.3, 0.4) is 0 Å².